The Morgan fingerprint density at radius 3 is 2.77 bits per heavy atom. The van der Waals surface area contributed by atoms with Gasteiger partial charge in [-0.25, -0.2) is 14.2 Å². The first-order chi connectivity index (χ1) is 14.4. The van der Waals surface area contributed by atoms with Gasteiger partial charge in [-0.1, -0.05) is 0 Å². The van der Waals surface area contributed by atoms with Crippen LogP contribution in [0.5, 0.6) is 5.88 Å². The van der Waals surface area contributed by atoms with Gasteiger partial charge in [-0.05, 0) is 48.9 Å². The fourth-order valence-corrected chi connectivity index (χ4v) is 4.20. The third-order valence-electron chi connectivity index (χ3n) is 6.01. The highest BCUT2D eigenvalue weighted by Gasteiger charge is 2.40. The van der Waals surface area contributed by atoms with Crippen molar-refractivity contribution in [2.24, 2.45) is 5.73 Å². The minimum absolute atomic E-state index is 0.0742. The first kappa shape index (κ1) is 18.7. The molecule has 0 aromatic carbocycles. The van der Waals surface area contributed by atoms with Gasteiger partial charge in [-0.2, -0.15) is 0 Å². The largest absolute Gasteiger partial charge is 0.479 e. The number of pyridine rings is 2. The third kappa shape index (κ3) is 3.04. The predicted molar refractivity (Wildman–Crippen MR) is 108 cm³/mol. The van der Waals surface area contributed by atoms with Crippen molar-refractivity contribution in [1.29, 1.82) is 0 Å². The second-order valence-electron chi connectivity index (χ2n) is 8.12. The molecular formula is C22H21FN4O3. The molecule has 0 atom stereocenters. The summed E-state index contributed by atoms with van der Waals surface area (Å²) in [5.74, 6) is -1.58. The number of carboxylic acids is 1. The van der Waals surface area contributed by atoms with E-state index in [2.05, 4.69) is 15.0 Å². The Morgan fingerprint density at radius 1 is 1.30 bits per heavy atom. The van der Waals surface area contributed by atoms with Crippen molar-refractivity contribution >= 4 is 5.97 Å². The van der Waals surface area contributed by atoms with Gasteiger partial charge in [0.05, 0.1) is 24.1 Å². The van der Waals surface area contributed by atoms with E-state index in [1.807, 2.05) is 6.07 Å². The molecule has 3 aromatic heterocycles. The molecule has 3 heterocycles. The standard InChI is InChI=1S/C22H21FN4O3/c1-30-20-15(23)6-12(10-26-20)16-7-14-11(9-25-16)2-3-13-18(21(28)29)17(27-19(13)14)8-22(24)4-5-22/h6-7,9-10,27H,2-5,8,24H2,1H3,(H,28,29). The van der Waals surface area contributed by atoms with Crippen molar-refractivity contribution in [2.45, 2.75) is 37.6 Å². The number of fused-ring (bicyclic) bond motifs is 3. The lowest BCUT2D eigenvalue weighted by Gasteiger charge is -2.17. The summed E-state index contributed by atoms with van der Waals surface area (Å²) in [7, 11) is 1.36. The van der Waals surface area contributed by atoms with Crippen LogP contribution in [0, 0.1) is 5.82 Å². The molecular weight excluding hydrogens is 387 g/mol. The molecule has 5 rings (SSSR count). The molecule has 30 heavy (non-hydrogen) atoms. The summed E-state index contributed by atoms with van der Waals surface area (Å²) in [6.45, 7) is 0. The molecule has 3 aromatic rings. The fourth-order valence-electron chi connectivity index (χ4n) is 4.20. The highest BCUT2D eigenvalue weighted by Crippen LogP contribution is 2.41. The minimum atomic E-state index is -0.939. The molecule has 2 aliphatic rings. The summed E-state index contributed by atoms with van der Waals surface area (Å²) in [4.78, 5) is 23.8. The lowest BCUT2D eigenvalue weighted by atomic mass is 9.88. The topological polar surface area (TPSA) is 114 Å². The molecule has 0 saturated heterocycles. The quantitative estimate of drug-likeness (QED) is 0.598. The molecule has 0 bridgehead atoms. The van der Waals surface area contributed by atoms with Crippen molar-refractivity contribution < 1.29 is 19.0 Å². The Balaban J connectivity index is 1.61. The summed E-state index contributed by atoms with van der Waals surface area (Å²) in [6.07, 6.45) is 6.90. The predicted octanol–water partition coefficient (Wildman–Crippen LogP) is 3.12. The molecule has 8 heteroatoms. The van der Waals surface area contributed by atoms with Crippen LogP contribution < -0.4 is 10.5 Å². The van der Waals surface area contributed by atoms with Crippen LogP contribution >= 0.6 is 0 Å². The number of methoxy groups -OCH3 is 1. The second kappa shape index (κ2) is 6.63. The van der Waals surface area contributed by atoms with Gasteiger partial charge in [0.1, 0.15) is 0 Å². The monoisotopic (exact) mass is 408 g/mol. The number of nitrogens with two attached hydrogens (primary N) is 1. The lowest BCUT2D eigenvalue weighted by molar-refractivity contribution is 0.0694. The van der Waals surface area contributed by atoms with Gasteiger partial charge in [0, 0.05) is 41.2 Å². The van der Waals surface area contributed by atoms with E-state index in [1.165, 1.54) is 19.4 Å². The SMILES string of the molecule is COc1ncc(-c2cc3c(cn2)CCc2c-3[nH]c(CC3(N)CC3)c2C(=O)O)cc1F. The number of halogens is 1. The molecule has 1 fully saturated rings. The number of nitrogens with zero attached hydrogens (tertiary/aromatic N) is 2. The molecule has 0 aliphatic heterocycles. The van der Waals surface area contributed by atoms with E-state index < -0.39 is 11.8 Å². The molecule has 0 unspecified atom stereocenters. The van der Waals surface area contributed by atoms with Crippen LogP contribution in [0.15, 0.2) is 24.5 Å². The Bertz CT molecular complexity index is 1180. The number of aromatic amines is 1. The van der Waals surface area contributed by atoms with Gasteiger partial charge in [0.2, 0.25) is 5.88 Å². The third-order valence-corrected chi connectivity index (χ3v) is 6.01. The fraction of sp³-hybridized carbons (Fsp3) is 0.318. The normalized spacial score (nSPS) is 16.0. The summed E-state index contributed by atoms with van der Waals surface area (Å²) in [5, 5.41) is 9.85. The van der Waals surface area contributed by atoms with Gasteiger partial charge in [-0.15, -0.1) is 0 Å². The first-order valence-corrected chi connectivity index (χ1v) is 9.83. The number of aromatic carboxylic acids is 1. The van der Waals surface area contributed by atoms with Crippen molar-refractivity contribution in [2.75, 3.05) is 7.11 Å². The number of hydrogen-bond acceptors (Lipinski definition) is 5. The maximum absolute atomic E-state index is 14.1. The van der Waals surface area contributed by atoms with E-state index in [9.17, 15) is 14.3 Å². The Morgan fingerprint density at radius 2 is 2.10 bits per heavy atom. The number of aromatic nitrogens is 3. The second-order valence-corrected chi connectivity index (χ2v) is 8.12. The van der Waals surface area contributed by atoms with Crippen LogP contribution in [0.3, 0.4) is 0 Å². The molecule has 7 nitrogen and oxygen atoms in total. The van der Waals surface area contributed by atoms with Crippen LogP contribution in [0.1, 0.15) is 40.0 Å². The zero-order chi connectivity index (χ0) is 21.0. The Hall–Kier alpha value is -3.26. The van der Waals surface area contributed by atoms with E-state index in [-0.39, 0.29) is 11.4 Å². The average molecular weight is 408 g/mol. The van der Waals surface area contributed by atoms with Crippen LogP contribution in [-0.2, 0) is 19.3 Å². The van der Waals surface area contributed by atoms with Crippen molar-refractivity contribution in [3.05, 3.63) is 52.7 Å². The summed E-state index contributed by atoms with van der Waals surface area (Å²) in [5.41, 5.74) is 11.5. The van der Waals surface area contributed by atoms with E-state index >= 15 is 0 Å². The highest BCUT2D eigenvalue weighted by molar-refractivity contribution is 5.95. The van der Waals surface area contributed by atoms with Gasteiger partial charge >= 0.3 is 5.97 Å². The van der Waals surface area contributed by atoms with Crippen LogP contribution in [0.25, 0.3) is 22.5 Å². The van der Waals surface area contributed by atoms with Crippen LogP contribution in [0.4, 0.5) is 4.39 Å². The minimum Gasteiger partial charge on any atom is -0.479 e. The number of rotatable bonds is 5. The number of ether oxygens (including phenoxy) is 1. The van der Waals surface area contributed by atoms with E-state index in [1.54, 1.807) is 6.20 Å². The summed E-state index contributed by atoms with van der Waals surface area (Å²) >= 11 is 0. The number of aryl methyl sites for hydroxylation is 1. The Labute approximate surface area is 172 Å². The van der Waals surface area contributed by atoms with Crippen LogP contribution in [-0.4, -0.2) is 38.7 Å². The first-order valence-electron chi connectivity index (χ1n) is 9.83. The number of H-pyrrole nitrogens is 1. The highest BCUT2D eigenvalue weighted by atomic mass is 19.1. The molecule has 0 amide bonds. The molecule has 1 saturated carbocycles. The van der Waals surface area contributed by atoms with Crippen molar-refractivity contribution in [3.8, 4) is 28.4 Å². The molecule has 4 N–H and O–H groups in total. The molecule has 0 spiro atoms. The van der Waals surface area contributed by atoms with Gasteiger partial charge in [0.15, 0.2) is 5.82 Å². The summed E-state index contributed by atoms with van der Waals surface area (Å²) < 4.78 is 19.0. The lowest BCUT2D eigenvalue weighted by Crippen LogP contribution is -2.25. The number of nitrogens with one attached hydrogen (secondary N) is 1. The number of hydrogen-bond donors (Lipinski definition) is 3. The smallest absolute Gasteiger partial charge is 0.337 e. The van der Waals surface area contributed by atoms with Crippen LogP contribution in [0.2, 0.25) is 0 Å². The van der Waals surface area contributed by atoms with E-state index in [0.29, 0.717) is 41.8 Å². The van der Waals surface area contributed by atoms with Crippen molar-refractivity contribution in [3.63, 3.8) is 0 Å². The average Bonchev–Trinajstić information content (AvgIpc) is 3.32. The van der Waals surface area contributed by atoms with Gasteiger partial charge in [0.25, 0.3) is 0 Å². The van der Waals surface area contributed by atoms with E-state index in [0.717, 1.165) is 35.2 Å². The molecule has 154 valence electrons. The van der Waals surface area contributed by atoms with Gasteiger partial charge in [-0.3, -0.25) is 4.98 Å². The molecule has 0 radical (unpaired) electrons. The number of carbonyl (C=O) groups is 1. The van der Waals surface area contributed by atoms with Crippen molar-refractivity contribution in [1.82, 2.24) is 15.0 Å². The maximum atomic E-state index is 14.1. The van der Waals surface area contributed by atoms with Gasteiger partial charge < -0.3 is 20.6 Å². The zero-order valence-corrected chi connectivity index (χ0v) is 16.5. The van der Waals surface area contributed by atoms with E-state index in [4.69, 9.17) is 10.5 Å². The Kier molecular flexibility index (Phi) is 4.14. The summed E-state index contributed by atoms with van der Waals surface area (Å²) in [6, 6.07) is 3.19. The number of carboxylic acid groups (broad SMARTS) is 1. The zero-order valence-electron chi connectivity index (χ0n) is 16.5. The maximum Gasteiger partial charge on any atom is 0.337 e. The molecule has 2 aliphatic carbocycles.